The average molecular weight is 451 g/mol. The number of ether oxygens (including phenoxy) is 2. The van der Waals surface area contributed by atoms with E-state index < -0.39 is 0 Å². The molecule has 0 atom stereocenters. The normalized spacial score (nSPS) is 10.8. The van der Waals surface area contributed by atoms with Crippen LogP contribution in [0.1, 0.15) is 11.3 Å². The molecule has 10 heteroatoms. The van der Waals surface area contributed by atoms with Crippen molar-refractivity contribution in [1.29, 1.82) is 0 Å². The third-order valence-corrected chi connectivity index (χ3v) is 5.97. The zero-order valence-corrected chi connectivity index (χ0v) is 18.9. The van der Waals surface area contributed by atoms with Gasteiger partial charge in [0.25, 0.3) is 5.78 Å². The molecule has 2 N–H and O–H groups in total. The number of methoxy groups -OCH3 is 2. The number of carbonyl (C=O) groups is 1. The van der Waals surface area contributed by atoms with Crippen LogP contribution in [0, 0.1) is 13.8 Å². The van der Waals surface area contributed by atoms with Crippen molar-refractivity contribution in [2.75, 3.05) is 24.9 Å². The van der Waals surface area contributed by atoms with Gasteiger partial charge in [-0.25, -0.2) is 9.78 Å². The van der Waals surface area contributed by atoms with Crippen molar-refractivity contribution in [2.24, 2.45) is 0 Å². The van der Waals surface area contributed by atoms with Gasteiger partial charge in [-0.2, -0.15) is 14.6 Å². The minimum absolute atomic E-state index is 0.370. The lowest BCUT2D eigenvalue weighted by Crippen LogP contribution is -2.19. The Morgan fingerprint density at radius 1 is 0.969 bits per heavy atom. The SMILES string of the molecule is COc1cc(NC(=O)Nc2ccc(Sc3c(C)c(C)nc4ncnn34)cc2)cc(OC)c1. The van der Waals surface area contributed by atoms with Gasteiger partial charge in [-0.1, -0.05) is 11.8 Å². The summed E-state index contributed by atoms with van der Waals surface area (Å²) in [6.45, 7) is 3.97. The maximum atomic E-state index is 12.4. The van der Waals surface area contributed by atoms with Crippen LogP contribution < -0.4 is 20.1 Å². The Hall–Kier alpha value is -3.79. The molecule has 0 fully saturated rings. The maximum absolute atomic E-state index is 12.4. The molecule has 0 unspecified atom stereocenters. The number of carbonyl (C=O) groups excluding carboxylic acids is 1. The number of aromatic nitrogens is 4. The van der Waals surface area contributed by atoms with Crippen LogP contribution in [0.5, 0.6) is 11.5 Å². The van der Waals surface area contributed by atoms with Gasteiger partial charge in [0.1, 0.15) is 22.9 Å². The minimum atomic E-state index is -0.370. The van der Waals surface area contributed by atoms with Crippen molar-refractivity contribution < 1.29 is 14.3 Å². The highest BCUT2D eigenvalue weighted by Crippen LogP contribution is 2.32. The van der Waals surface area contributed by atoms with Crippen LogP contribution in [0.25, 0.3) is 5.78 Å². The van der Waals surface area contributed by atoms with E-state index in [1.807, 2.05) is 38.1 Å². The minimum Gasteiger partial charge on any atom is -0.497 e. The Bertz CT molecular complexity index is 1250. The molecule has 32 heavy (non-hydrogen) atoms. The van der Waals surface area contributed by atoms with Gasteiger partial charge in [-0.05, 0) is 38.1 Å². The Labute approximate surface area is 189 Å². The molecular weight excluding hydrogens is 428 g/mol. The van der Waals surface area contributed by atoms with E-state index in [1.54, 1.807) is 48.7 Å². The number of benzene rings is 2. The quantitative estimate of drug-likeness (QED) is 0.415. The van der Waals surface area contributed by atoms with Gasteiger partial charge in [0.15, 0.2) is 0 Å². The van der Waals surface area contributed by atoms with E-state index in [0.717, 1.165) is 21.2 Å². The monoisotopic (exact) mass is 450 g/mol. The van der Waals surface area contributed by atoms with Crippen molar-refractivity contribution in [3.63, 3.8) is 0 Å². The van der Waals surface area contributed by atoms with Crippen molar-refractivity contribution in [1.82, 2.24) is 19.6 Å². The number of hydrogen-bond donors (Lipinski definition) is 2. The van der Waals surface area contributed by atoms with E-state index in [-0.39, 0.29) is 6.03 Å². The van der Waals surface area contributed by atoms with Crippen LogP contribution in [0.4, 0.5) is 16.2 Å². The van der Waals surface area contributed by atoms with Crippen molar-refractivity contribution in [3.05, 3.63) is 60.0 Å². The molecule has 4 rings (SSSR count). The van der Waals surface area contributed by atoms with Gasteiger partial charge >= 0.3 is 6.03 Å². The van der Waals surface area contributed by atoms with Crippen LogP contribution in [-0.4, -0.2) is 39.8 Å². The Morgan fingerprint density at radius 3 is 2.28 bits per heavy atom. The lowest BCUT2D eigenvalue weighted by atomic mass is 10.2. The summed E-state index contributed by atoms with van der Waals surface area (Å²) in [7, 11) is 3.11. The first kappa shape index (κ1) is 21.4. The molecule has 2 aromatic heterocycles. The van der Waals surface area contributed by atoms with Crippen molar-refractivity contribution in [2.45, 2.75) is 23.8 Å². The molecule has 9 nitrogen and oxygen atoms in total. The number of rotatable bonds is 6. The highest BCUT2D eigenvalue weighted by atomic mass is 32.2. The Kier molecular flexibility index (Phi) is 6.13. The van der Waals surface area contributed by atoms with E-state index in [2.05, 4.69) is 25.7 Å². The van der Waals surface area contributed by atoms with E-state index in [9.17, 15) is 4.79 Å². The molecule has 4 aromatic rings. The molecule has 0 spiro atoms. The van der Waals surface area contributed by atoms with Crippen LogP contribution in [0.15, 0.2) is 58.7 Å². The second kappa shape index (κ2) is 9.15. The predicted octanol–water partition coefficient (Wildman–Crippen LogP) is 4.55. The standard InChI is InChI=1S/C22H22N6O3S/c1-13-14(2)25-21-23-12-24-28(21)20(13)32-19-7-5-15(6-8-19)26-22(29)27-16-9-17(30-3)11-18(10-16)31-4/h5-12H,1-4H3,(H2,26,27,29). The number of urea groups is 1. The number of fused-ring (bicyclic) bond motifs is 1. The van der Waals surface area contributed by atoms with Gasteiger partial charge in [0, 0.05) is 45.7 Å². The molecule has 0 aliphatic heterocycles. The summed E-state index contributed by atoms with van der Waals surface area (Å²) in [6.07, 6.45) is 1.49. The number of nitrogens with zero attached hydrogens (tertiary/aromatic N) is 4. The fraction of sp³-hybridized carbons (Fsp3) is 0.182. The lowest BCUT2D eigenvalue weighted by molar-refractivity contribution is 0.262. The third kappa shape index (κ3) is 4.59. The number of nitrogens with one attached hydrogen (secondary N) is 2. The molecule has 0 aliphatic carbocycles. The van der Waals surface area contributed by atoms with Crippen LogP contribution >= 0.6 is 11.8 Å². The molecule has 0 aliphatic rings. The predicted molar refractivity (Wildman–Crippen MR) is 123 cm³/mol. The second-order valence-corrected chi connectivity index (χ2v) is 7.97. The van der Waals surface area contributed by atoms with Crippen molar-refractivity contribution >= 4 is 34.9 Å². The first-order valence-corrected chi connectivity index (χ1v) is 10.5. The van der Waals surface area contributed by atoms with Gasteiger partial charge < -0.3 is 20.1 Å². The summed E-state index contributed by atoms with van der Waals surface area (Å²) in [4.78, 5) is 22.0. The first-order chi connectivity index (χ1) is 15.5. The largest absolute Gasteiger partial charge is 0.497 e. The summed E-state index contributed by atoms with van der Waals surface area (Å²) < 4.78 is 12.2. The fourth-order valence-corrected chi connectivity index (χ4v) is 4.02. The summed E-state index contributed by atoms with van der Waals surface area (Å²) in [5.74, 6) is 1.74. The van der Waals surface area contributed by atoms with Crippen LogP contribution in [0.2, 0.25) is 0 Å². The smallest absolute Gasteiger partial charge is 0.323 e. The molecule has 0 saturated carbocycles. The summed E-state index contributed by atoms with van der Waals surface area (Å²) in [6, 6.07) is 12.4. The molecule has 2 amide bonds. The zero-order chi connectivity index (χ0) is 22.7. The molecule has 164 valence electrons. The summed E-state index contributed by atoms with van der Waals surface area (Å²) >= 11 is 1.57. The Balaban J connectivity index is 1.45. The van der Waals surface area contributed by atoms with E-state index in [0.29, 0.717) is 28.7 Å². The summed E-state index contributed by atoms with van der Waals surface area (Å²) in [5.41, 5.74) is 3.18. The lowest BCUT2D eigenvalue weighted by Gasteiger charge is -2.12. The maximum Gasteiger partial charge on any atom is 0.323 e. The highest BCUT2D eigenvalue weighted by Gasteiger charge is 2.13. The number of aryl methyl sites for hydroxylation is 1. The average Bonchev–Trinajstić information content (AvgIpc) is 3.25. The zero-order valence-electron chi connectivity index (χ0n) is 18.0. The molecular formula is C22H22N6O3S. The second-order valence-electron chi connectivity index (χ2n) is 6.91. The third-order valence-electron chi connectivity index (χ3n) is 4.79. The number of hydrogen-bond acceptors (Lipinski definition) is 7. The van der Waals surface area contributed by atoms with Crippen LogP contribution in [-0.2, 0) is 0 Å². The van der Waals surface area contributed by atoms with Gasteiger partial charge in [0.05, 0.1) is 14.2 Å². The number of anilines is 2. The van der Waals surface area contributed by atoms with E-state index >= 15 is 0 Å². The summed E-state index contributed by atoms with van der Waals surface area (Å²) in [5, 5.41) is 10.8. The highest BCUT2D eigenvalue weighted by molar-refractivity contribution is 7.99. The Morgan fingerprint density at radius 2 is 1.62 bits per heavy atom. The first-order valence-electron chi connectivity index (χ1n) is 9.72. The van der Waals surface area contributed by atoms with E-state index in [4.69, 9.17) is 9.47 Å². The molecule has 0 radical (unpaired) electrons. The van der Waals surface area contributed by atoms with Gasteiger partial charge in [0.2, 0.25) is 0 Å². The fourth-order valence-electron chi connectivity index (χ4n) is 3.01. The van der Waals surface area contributed by atoms with Gasteiger partial charge in [-0.3, -0.25) is 0 Å². The topological polar surface area (TPSA) is 103 Å². The molecule has 2 heterocycles. The van der Waals surface area contributed by atoms with Crippen LogP contribution in [0.3, 0.4) is 0 Å². The molecule has 0 bridgehead atoms. The molecule has 0 saturated heterocycles. The molecule has 2 aromatic carbocycles. The van der Waals surface area contributed by atoms with Crippen molar-refractivity contribution in [3.8, 4) is 11.5 Å². The van der Waals surface area contributed by atoms with Gasteiger partial charge in [-0.15, -0.1) is 0 Å². The van der Waals surface area contributed by atoms with E-state index in [1.165, 1.54) is 6.33 Å². The number of amides is 2.